The number of hydrogen-bond donors (Lipinski definition) is 1. The fraction of sp³-hybridized carbons (Fsp3) is 0.455. The van der Waals surface area contributed by atoms with Crippen LogP contribution >= 0.6 is 0 Å². The van der Waals surface area contributed by atoms with E-state index in [9.17, 15) is 0 Å². The molecule has 0 bridgehead atoms. The minimum Gasteiger partial charge on any atom is -0.373 e. The van der Waals surface area contributed by atoms with E-state index in [0.717, 1.165) is 29.2 Å². The lowest BCUT2D eigenvalue weighted by molar-refractivity contribution is 0.821. The molecule has 4 heteroatoms. The average Bonchev–Trinajstić information content (AvgIpc) is 2.56. The standard InChI is InChI=1S/C11H16N4/c1-5-9-14-10-7(2)6-8(12-3)13-11(10)15(9)4/h6H,5H2,1-4H3,(H,12,13). The van der Waals surface area contributed by atoms with E-state index in [1.165, 1.54) is 5.56 Å². The fourth-order valence-corrected chi connectivity index (χ4v) is 1.79. The lowest BCUT2D eigenvalue weighted by Gasteiger charge is -2.02. The molecular formula is C11H16N4. The number of nitrogens with one attached hydrogen (secondary N) is 1. The summed E-state index contributed by atoms with van der Waals surface area (Å²) in [4.78, 5) is 9.09. The second-order valence-electron chi connectivity index (χ2n) is 3.69. The molecular weight excluding hydrogens is 188 g/mol. The third kappa shape index (κ3) is 1.46. The highest BCUT2D eigenvalue weighted by Crippen LogP contribution is 2.20. The fourth-order valence-electron chi connectivity index (χ4n) is 1.79. The van der Waals surface area contributed by atoms with Gasteiger partial charge in [0.25, 0.3) is 0 Å². The van der Waals surface area contributed by atoms with E-state index in [1.807, 2.05) is 20.2 Å². The summed E-state index contributed by atoms with van der Waals surface area (Å²) in [6, 6.07) is 2.02. The van der Waals surface area contributed by atoms with Crippen molar-refractivity contribution in [3.63, 3.8) is 0 Å². The molecule has 0 spiro atoms. The minimum absolute atomic E-state index is 0.894. The third-order valence-electron chi connectivity index (χ3n) is 2.68. The largest absolute Gasteiger partial charge is 0.373 e. The van der Waals surface area contributed by atoms with E-state index in [1.54, 1.807) is 0 Å². The molecule has 0 unspecified atom stereocenters. The summed E-state index contributed by atoms with van der Waals surface area (Å²) in [5, 5.41) is 3.06. The van der Waals surface area contributed by atoms with Gasteiger partial charge in [-0.25, -0.2) is 9.97 Å². The van der Waals surface area contributed by atoms with E-state index in [0.29, 0.717) is 0 Å². The van der Waals surface area contributed by atoms with Crippen molar-refractivity contribution >= 4 is 17.0 Å². The Balaban J connectivity index is 2.77. The monoisotopic (exact) mass is 204 g/mol. The first kappa shape index (κ1) is 9.96. The maximum absolute atomic E-state index is 4.58. The molecule has 0 aromatic carbocycles. The molecule has 15 heavy (non-hydrogen) atoms. The van der Waals surface area contributed by atoms with Gasteiger partial charge in [0.1, 0.15) is 17.2 Å². The number of aromatic nitrogens is 3. The van der Waals surface area contributed by atoms with Gasteiger partial charge < -0.3 is 9.88 Å². The van der Waals surface area contributed by atoms with Gasteiger partial charge in [-0.05, 0) is 18.6 Å². The average molecular weight is 204 g/mol. The normalized spacial score (nSPS) is 10.9. The van der Waals surface area contributed by atoms with Crippen LogP contribution in [-0.2, 0) is 13.5 Å². The lowest BCUT2D eigenvalue weighted by Crippen LogP contribution is -1.98. The van der Waals surface area contributed by atoms with Crippen molar-refractivity contribution in [1.82, 2.24) is 14.5 Å². The highest BCUT2D eigenvalue weighted by molar-refractivity contribution is 5.77. The van der Waals surface area contributed by atoms with Crippen molar-refractivity contribution in [2.24, 2.45) is 7.05 Å². The van der Waals surface area contributed by atoms with Gasteiger partial charge >= 0.3 is 0 Å². The Kier molecular flexibility index (Phi) is 2.34. The molecule has 0 amide bonds. The Bertz CT molecular complexity index is 499. The molecule has 4 nitrogen and oxygen atoms in total. The van der Waals surface area contributed by atoms with Crippen LogP contribution in [0.2, 0.25) is 0 Å². The van der Waals surface area contributed by atoms with Crippen molar-refractivity contribution < 1.29 is 0 Å². The highest BCUT2D eigenvalue weighted by atomic mass is 15.1. The van der Waals surface area contributed by atoms with Crippen LogP contribution in [-0.4, -0.2) is 21.6 Å². The molecule has 0 radical (unpaired) electrons. The van der Waals surface area contributed by atoms with Gasteiger partial charge in [-0.1, -0.05) is 6.92 Å². The zero-order chi connectivity index (χ0) is 11.0. The number of nitrogens with zero attached hydrogens (tertiary/aromatic N) is 3. The molecule has 0 aliphatic heterocycles. The SMILES string of the molecule is CCc1nc2c(C)cc(NC)nc2n1C. The highest BCUT2D eigenvalue weighted by Gasteiger charge is 2.10. The molecule has 0 aliphatic rings. The number of rotatable bonds is 2. The van der Waals surface area contributed by atoms with Gasteiger partial charge in [-0.3, -0.25) is 0 Å². The number of hydrogen-bond acceptors (Lipinski definition) is 3. The topological polar surface area (TPSA) is 42.7 Å². The first-order valence-corrected chi connectivity index (χ1v) is 5.18. The zero-order valence-corrected chi connectivity index (χ0v) is 9.63. The quantitative estimate of drug-likeness (QED) is 0.812. The second-order valence-corrected chi connectivity index (χ2v) is 3.69. The molecule has 2 aromatic heterocycles. The van der Waals surface area contributed by atoms with Crippen LogP contribution in [0.5, 0.6) is 0 Å². The number of anilines is 1. The first-order chi connectivity index (χ1) is 7.17. The minimum atomic E-state index is 0.894. The summed E-state index contributed by atoms with van der Waals surface area (Å²) in [6.45, 7) is 4.17. The van der Waals surface area contributed by atoms with Crippen molar-refractivity contribution in [2.75, 3.05) is 12.4 Å². The summed E-state index contributed by atoms with van der Waals surface area (Å²) in [5.74, 6) is 1.97. The van der Waals surface area contributed by atoms with Crippen LogP contribution in [0.25, 0.3) is 11.2 Å². The van der Waals surface area contributed by atoms with Crippen molar-refractivity contribution in [2.45, 2.75) is 20.3 Å². The summed E-state index contributed by atoms with van der Waals surface area (Å²) in [6.07, 6.45) is 0.932. The van der Waals surface area contributed by atoms with Crippen LogP contribution in [0.4, 0.5) is 5.82 Å². The molecule has 0 saturated heterocycles. The molecule has 0 aliphatic carbocycles. The van der Waals surface area contributed by atoms with Gasteiger partial charge in [0.15, 0.2) is 5.65 Å². The van der Waals surface area contributed by atoms with Gasteiger partial charge in [-0.15, -0.1) is 0 Å². The number of aryl methyl sites for hydroxylation is 3. The Morgan fingerprint density at radius 2 is 2.13 bits per heavy atom. The molecule has 2 heterocycles. The Morgan fingerprint density at radius 1 is 1.40 bits per heavy atom. The first-order valence-electron chi connectivity index (χ1n) is 5.18. The van der Waals surface area contributed by atoms with E-state index in [-0.39, 0.29) is 0 Å². The predicted octanol–water partition coefficient (Wildman–Crippen LogP) is 1.88. The molecule has 0 saturated carbocycles. The van der Waals surface area contributed by atoms with Gasteiger partial charge in [0.2, 0.25) is 0 Å². The maximum atomic E-state index is 4.58. The Morgan fingerprint density at radius 3 is 2.73 bits per heavy atom. The van der Waals surface area contributed by atoms with Crippen LogP contribution < -0.4 is 5.32 Å². The number of pyridine rings is 1. The van der Waals surface area contributed by atoms with Crippen molar-refractivity contribution in [3.05, 3.63) is 17.5 Å². The van der Waals surface area contributed by atoms with Gasteiger partial charge in [-0.2, -0.15) is 0 Å². The summed E-state index contributed by atoms with van der Waals surface area (Å²) < 4.78 is 2.06. The number of imidazole rings is 1. The molecule has 2 aromatic rings. The molecule has 2 rings (SSSR count). The van der Waals surface area contributed by atoms with Crippen LogP contribution in [0.3, 0.4) is 0 Å². The molecule has 0 atom stereocenters. The zero-order valence-electron chi connectivity index (χ0n) is 9.63. The maximum Gasteiger partial charge on any atom is 0.162 e. The summed E-state index contributed by atoms with van der Waals surface area (Å²) >= 11 is 0. The van der Waals surface area contributed by atoms with Crippen molar-refractivity contribution in [3.8, 4) is 0 Å². The molecule has 0 fully saturated rings. The van der Waals surface area contributed by atoms with E-state index in [2.05, 4.69) is 33.7 Å². The number of fused-ring (bicyclic) bond motifs is 1. The predicted molar refractivity (Wildman–Crippen MR) is 62.2 cm³/mol. The Hall–Kier alpha value is -1.58. The summed E-state index contributed by atoms with van der Waals surface area (Å²) in [7, 11) is 3.89. The van der Waals surface area contributed by atoms with Crippen LogP contribution in [0.15, 0.2) is 6.07 Å². The van der Waals surface area contributed by atoms with Gasteiger partial charge in [0, 0.05) is 20.5 Å². The van der Waals surface area contributed by atoms with Gasteiger partial charge in [0.05, 0.1) is 0 Å². The van der Waals surface area contributed by atoms with Crippen molar-refractivity contribution in [1.29, 1.82) is 0 Å². The Labute approximate surface area is 89.3 Å². The lowest BCUT2D eigenvalue weighted by atomic mass is 10.2. The van der Waals surface area contributed by atoms with E-state index in [4.69, 9.17) is 0 Å². The summed E-state index contributed by atoms with van der Waals surface area (Å²) in [5.41, 5.74) is 3.13. The molecule has 80 valence electrons. The van der Waals surface area contributed by atoms with Crippen LogP contribution in [0.1, 0.15) is 18.3 Å². The second kappa shape index (κ2) is 3.53. The van der Waals surface area contributed by atoms with E-state index < -0.39 is 0 Å². The molecule has 1 N–H and O–H groups in total. The van der Waals surface area contributed by atoms with E-state index >= 15 is 0 Å². The van der Waals surface area contributed by atoms with Crippen LogP contribution in [0, 0.1) is 6.92 Å². The smallest absolute Gasteiger partial charge is 0.162 e. The third-order valence-corrected chi connectivity index (χ3v) is 2.68.